The van der Waals surface area contributed by atoms with Crippen molar-refractivity contribution in [1.29, 1.82) is 0 Å². The molecule has 4 fully saturated rings. The molecule has 6 rings (SSSR count). The van der Waals surface area contributed by atoms with Gasteiger partial charge in [0.25, 0.3) is 0 Å². The van der Waals surface area contributed by atoms with Crippen LogP contribution in [0.2, 0.25) is 0 Å². The van der Waals surface area contributed by atoms with Crippen molar-refractivity contribution >= 4 is 0 Å². The summed E-state index contributed by atoms with van der Waals surface area (Å²) in [4.78, 5) is 0. The Morgan fingerprint density at radius 1 is 0.767 bits per heavy atom. The Hall–Kier alpha value is -2.05. The highest BCUT2D eigenvalue weighted by Crippen LogP contribution is 2.62. The van der Waals surface area contributed by atoms with Crippen LogP contribution in [0.4, 0.5) is 13.2 Å². The van der Waals surface area contributed by atoms with Gasteiger partial charge in [0.1, 0.15) is 5.75 Å². The first-order chi connectivity index (χ1) is 20.2. The summed E-state index contributed by atoms with van der Waals surface area (Å²) in [5, 5.41) is 9.48. The maximum Gasteiger partial charge on any atom is 0.421 e. The molecular weight excluding hydrogens is 549 g/mol. The van der Waals surface area contributed by atoms with E-state index in [1.54, 1.807) is 12.1 Å². The van der Waals surface area contributed by atoms with Crippen LogP contribution in [0.15, 0.2) is 48.5 Å². The van der Waals surface area contributed by atoms with Gasteiger partial charge in [-0.15, -0.1) is 0 Å². The zero-order valence-electron chi connectivity index (χ0n) is 27.2. The molecule has 0 aliphatic heterocycles. The van der Waals surface area contributed by atoms with Crippen molar-refractivity contribution in [3.63, 3.8) is 0 Å². The van der Waals surface area contributed by atoms with Crippen LogP contribution in [0, 0.1) is 23.2 Å². The third kappa shape index (κ3) is 7.79. The SMILES string of the molecule is CCC(C)c1ccc(C(C)(O)C(F)(F)F)cc1.CCC(C)c1ccc(OC(OC(C)C)C23CC4CC(CC(C4)C2)C3)cc1. The molecule has 6 heteroatoms. The van der Waals surface area contributed by atoms with Crippen LogP contribution in [0.3, 0.4) is 0 Å². The van der Waals surface area contributed by atoms with Gasteiger partial charge >= 0.3 is 6.18 Å². The van der Waals surface area contributed by atoms with E-state index in [-0.39, 0.29) is 23.4 Å². The summed E-state index contributed by atoms with van der Waals surface area (Å²) in [6.07, 6.45) is 5.83. The van der Waals surface area contributed by atoms with E-state index >= 15 is 0 Å². The van der Waals surface area contributed by atoms with Gasteiger partial charge in [-0.3, -0.25) is 0 Å². The Bertz CT molecular complexity index is 1120. The highest BCUT2D eigenvalue weighted by atomic mass is 19.4. The molecule has 0 radical (unpaired) electrons. The normalized spacial score (nSPS) is 28.0. The fourth-order valence-electron chi connectivity index (χ4n) is 7.78. The smallest absolute Gasteiger partial charge is 0.421 e. The number of hydrogen-bond acceptors (Lipinski definition) is 3. The molecule has 4 saturated carbocycles. The molecule has 4 unspecified atom stereocenters. The average molecular weight is 603 g/mol. The molecule has 240 valence electrons. The Labute approximate surface area is 257 Å². The molecule has 2 aromatic rings. The maximum atomic E-state index is 12.6. The minimum Gasteiger partial charge on any atom is -0.464 e. The molecule has 0 amide bonds. The quantitative estimate of drug-likeness (QED) is 0.275. The summed E-state index contributed by atoms with van der Waals surface area (Å²) in [6.45, 7) is 13.6. The molecular formula is C37H53F3O3. The molecule has 0 heterocycles. The Morgan fingerprint density at radius 3 is 1.56 bits per heavy atom. The zero-order valence-corrected chi connectivity index (χ0v) is 27.2. The van der Waals surface area contributed by atoms with E-state index in [1.165, 1.54) is 62.6 Å². The van der Waals surface area contributed by atoms with Crippen LogP contribution in [0.1, 0.15) is 128 Å². The number of hydrogen-bond donors (Lipinski definition) is 1. The molecule has 3 nitrogen and oxygen atoms in total. The molecule has 43 heavy (non-hydrogen) atoms. The highest BCUT2D eigenvalue weighted by Gasteiger charge is 2.56. The van der Waals surface area contributed by atoms with Crippen LogP contribution in [-0.2, 0) is 10.3 Å². The Kier molecular flexibility index (Phi) is 10.6. The second-order valence-corrected chi connectivity index (χ2v) is 14.3. The van der Waals surface area contributed by atoms with Gasteiger partial charge in [-0.25, -0.2) is 0 Å². The lowest BCUT2D eigenvalue weighted by molar-refractivity contribution is -0.258. The summed E-state index contributed by atoms with van der Waals surface area (Å²) >= 11 is 0. The van der Waals surface area contributed by atoms with Crippen LogP contribution < -0.4 is 4.74 Å². The van der Waals surface area contributed by atoms with E-state index in [0.717, 1.165) is 42.4 Å². The van der Waals surface area contributed by atoms with Gasteiger partial charge in [0.15, 0.2) is 5.60 Å². The monoisotopic (exact) mass is 602 g/mol. The van der Waals surface area contributed by atoms with Crippen molar-refractivity contribution in [1.82, 2.24) is 0 Å². The number of benzene rings is 2. The lowest BCUT2D eigenvalue weighted by atomic mass is 9.49. The van der Waals surface area contributed by atoms with Crippen molar-refractivity contribution in [2.45, 2.75) is 136 Å². The number of rotatable bonds is 10. The van der Waals surface area contributed by atoms with E-state index in [0.29, 0.717) is 11.8 Å². The van der Waals surface area contributed by atoms with Crippen molar-refractivity contribution in [3.05, 3.63) is 65.2 Å². The summed E-state index contributed by atoms with van der Waals surface area (Å²) in [5.74, 6) is 4.62. The largest absolute Gasteiger partial charge is 0.464 e. The van der Waals surface area contributed by atoms with Gasteiger partial charge in [-0.1, -0.05) is 64.1 Å². The van der Waals surface area contributed by atoms with Crippen LogP contribution in [0.25, 0.3) is 0 Å². The number of ether oxygens (including phenoxy) is 2. The van der Waals surface area contributed by atoms with Crippen LogP contribution in [0.5, 0.6) is 5.75 Å². The molecule has 4 aliphatic carbocycles. The van der Waals surface area contributed by atoms with Gasteiger partial charge in [0.05, 0.1) is 6.10 Å². The third-order valence-electron chi connectivity index (χ3n) is 10.5. The summed E-state index contributed by atoms with van der Waals surface area (Å²) in [5.41, 5.74) is -0.294. The van der Waals surface area contributed by atoms with Gasteiger partial charge in [-0.2, -0.15) is 13.2 Å². The Balaban J connectivity index is 0.000000217. The fraction of sp³-hybridized carbons (Fsp3) is 0.676. The molecule has 0 saturated heterocycles. The molecule has 0 spiro atoms. The Morgan fingerprint density at radius 2 is 1.19 bits per heavy atom. The number of alkyl halides is 3. The first-order valence-corrected chi connectivity index (χ1v) is 16.5. The topological polar surface area (TPSA) is 38.7 Å². The van der Waals surface area contributed by atoms with Crippen LogP contribution in [-0.4, -0.2) is 23.7 Å². The number of halogens is 3. The van der Waals surface area contributed by atoms with Crippen molar-refractivity contribution in [2.75, 3.05) is 0 Å². The van der Waals surface area contributed by atoms with Gasteiger partial charge in [-0.05, 0) is 131 Å². The lowest BCUT2D eigenvalue weighted by Gasteiger charge is -2.58. The van der Waals surface area contributed by atoms with E-state index in [1.807, 2.05) is 13.8 Å². The first-order valence-electron chi connectivity index (χ1n) is 16.5. The molecule has 1 N–H and O–H groups in total. The first kappa shape index (κ1) is 33.8. The minimum atomic E-state index is -4.66. The van der Waals surface area contributed by atoms with Crippen molar-refractivity contribution in [2.24, 2.45) is 23.2 Å². The van der Waals surface area contributed by atoms with Crippen molar-refractivity contribution in [3.8, 4) is 5.75 Å². The van der Waals surface area contributed by atoms with E-state index in [2.05, 4.69) is 52.0 Å². The average Bonchev–Trinajstić information content (AvgIpc) is 2.95. The molecule has 2 aromatic carbocycles. The predicted molar refractivity (Wildman–Crippen MR) is 167 cm³/mol. The highest BCUT2D eigenvalue weighted by molar-refractivity contribution is 5.30. The van der Waals surface area contributed by atoms with Crippen molar-refractivity contribution < 1.29 is 27.8 Å². The van der Waals surface area contributed by atoms with E-state index in [4.69, 9.17) is 9.47 Å². The minimum absolute atomic E-state index is 0.0923. The van der Waals surface area contributed by atoms with Gasteiger partial charge in [0, 0.05) is 5.41 Å². The molecule has 4 bridgehead atoms. The predicted octanol–water partition coefficient (Wildman–Crippen LogP) is 10.5. The van der Waals surface area contributed by atoms with E-state index < -0.39 is 11.8 Å². The number of aliphatic hydroxyl groups is 1. The summed E-state index contributed by atoms with van der Waals surface area (Å²) in [6, 6.07) is 14.7. The molecule has 0 aromatic heterocycles. The molecule has 4 atom stereocenters. The summed E-state index contributed by atoms with van der Waals surface area (Å²) < 4.78 is 50.8. The summed E-state index contributed by atoms with van der Waals surface area (Å²) in [7, 11) is 0. The zero-order chi connectivity index (χ0) is 31.6. The third-order valence-corrected chi connectivity index (χ3v) is 10.5. The van der Waals surface area contributed by atoms with E-state index in [9.17, 15) is 18.3 Å². The fourth-order valence-corrected chi connectivity index (χ4v) is 7.78. The van der Waals surface area contributed by atoms with Gasteiger partial charge in [0.2, 0.25) is 6.29 Å². The standard InChI is InChI=1S/C24H36O2.C13H17F3O/c1-5-17(4)21-6-8-22(9-7-21)26-23(25-16(2)3)24-13-18-10-19(14-24)12-20(11-18)15-24;1-4-9(2)10-5-7-11(8-6-10)12(3,17)13(14,15)16/h6-9,16-20,23H,5,10-15H2,1-4H3;5-9,17H,4H2,1-3H3. The van der Waals surface area contributed by atoms with Crippen LogP contribution >= 0.6 is 0 Å². The maximum absolute atomic E-state index is 12.6. The lowest BCUT2D eigenvalue weighted by Crippen LogP contribution is -2.54. The molecule has 4 aliphatic rings. The second-order valence-electron chi connectivity index (χ2n) is 14.3. The second kappa shape index (κ2) is 13.5. The van der Waals surface area contributed by atoms with Gasteiger partial charge < -0.3 is 14.6 Å².